The second kappa shape index (κ2) is 6.49. The molecule has 1 aliphatic carbocycles. The highest BCUT2D eigenvalue weighted by atomic mass is 16.3. The third-order valence-corrected chi connectivity index (χ3v) is 6.72. The fourth-order valence-corrected chi connectivity index (χ4v) is 4.66. The zero-order valence-electron chi connectivity index (χ0n) is 15.4. The average molecular weight is 335 g/mol. The predicted octanol–water partition coefficient (Wildman–Crippen LogP) is 4.80. The lowest BCUT2D eigenvalue weighted by Gasteiger charge is -2.45. The number of phenolic OH excluding ortho intramolecular Hbond substituents is 1. The van der Waals surface area contributed by atoms with Crippen molar-refractivity contribution < 1.29 is 5.11 Å². The third kappa shape index (κ3) is 3.32. The lowest BCUT2D eigenvalue weighted by molar-refractivity contribution is 0.106. The lowest BCUT2D eigenvalue weighted by atomic mass is 9.68. The largest absolute Gasteiger partial charge is 0.508 e. The number of benzene rings is 2. The van der Waals surface area contributed by atoms with E-state index in [-0.39, 0.29) is 5.41 Å². The minimum absolute atomic E-state index is 0.164. The molecule has 0 spiro atoms. The Bertz CT molecular complexity index is 728. The number of rotatable bonds is 4. The molecule has 1 N–H and O–H groups in total. The molecule has 132 valence electrons. The van der Waals surface area contributed by atoms with Crippen molar-refractivity contribution in [3.05, 3.63) is 65.7 Å². The average Bonchev–Trinajstić information content (AvgIpc) is 3.38. The van der Waals surface area contributed by atoms with E-state index in [9.17, 15) is 5.11 Å². The second-order valence-corrected chi connectivity index (χ2v) is 8.39. The molecule has 1 saturated carbocycles. The summed E-state index contributed by atoms with van der Waals surface area (Å²) in [6.45, 7) is 8.30. The Morgan fingerprint density at radius 3 is 2.64 bits per heavy atom. The minimum atomic E-state index is 0.164. The normalized spacial score (nSPS) is 32.5. The van der Waals surface area contributed by atoms with Crippen LogP contribution in [0.4, 0.5) is 0 Å². The van der Waals surface area contributed by atoms with Crippen LogP contribution in [0.3, 0.4) is 0 Å². The molecular weight excluding hydrogens is 306 g/mol. The third-order valence-electron chi connectivity index (χ3n) is 6.72. The van der Waals surface area contributed by atoms with Gasteiger partial charge in [0, 0.05) is 13.1 Å². The van der Waals surface area contributed by atoms with Crippen LogP contribution in [0.25, 0.3) is 0 Å². The quantitative estimate of drug-likeness (QED) is 0.868. The number of hydrogen-bond donors (Lipinski definition) is 1. The molecule has 2 aliphatic rings. The van der Waals surface area contributed by atoms with Gasteiger partial charge in [0.1, 0.15) is 5.75 Å². The molecule has 25 heavy (non-hydrogen) atoms. The first kappa shape index (κ1) is 16.7. The zero-order chi connectivity index (χ0) is 17.4. The van der Waals surface area contributed by atoms with Gasteiger partial charge in [-0.15, -0.1) is 0 Å². The molecule has 2 heteroatoms. The van der Waals surface area contributed by atoms with Gasteiger partial charge < -0.3 is 10.0 Å². The lowest BCUT2D eigenvalue weighted by Crippen LogP contribution is -2.47. The van der Waals surface area contributed by atoms with Crippen molar-refractivity contribution in [3.63, 3.8) is 0 Å². The molecule has 1 aliphatic heterocycles. The van der Waals surface area contributed by atoms with E-state index in [1.165, 1.54) is 30.5 Å². The SMILES string of the molecule is C[C@H]1CN(C[C@H]2C[C@H]2c2ccccc2)CC[C@@]1(C)c1cccc(O)c1. The molecule has 4 rings (SSSR count). The van der Waals surface area contributed by atoms with E-state index in [1.807, 2.05) is 12.1 Å². The van der Waals surface area contributed by atoms with Crippen LogP contribution in [-0.2, 0) is 5.41 Å². The Morgan fingerprint density at radius 2 is 1.92 bits per heavy atom. The van der Waals surface area contributed by atoms with Crippen molar-refractivity contribution >= 4 is 0 Å². The van der Waals surface area contributed by atoms with Crippen LogP contribution in [0, 0.1) is 11.8 Å². The Kier molecular flexibility index (Phi) is 4.33. The number of aromatic hydroxyl groups is 1. The van der Waals surface area contributed by atoms with Crippen molar-refractivity contribution in [3.8, 4) is 5.75 Å². The second-order valence-electron chi connectivity index (χ2n) is 8.39. The van der Waals surface area contributed by atoms with Gasteiger partial charge in [-0.1, -0.05) is 56.3 Å². The van der Waals surface area contributed by atoms with Gasteiger partial charge in [-0.2, -0.15) is 0 Å². The summed E-state index contributed by atoms with van der Waals surface area (Å²) < 4.78 is 0. The monoisotopic (exact) mass is 335 g/mol. The molecule has 0 bridgehead atoms. The summed E-state index contributed by atoms with van der Waals surface area (Å²) in [5.74, 6) is 2.59. The maximum atomic E-state index is 9.85. The van der Waals surface area contributed by atoms with Gasteiger partial charge in [0.15, 0.2) is 0 Å². The molecule has 2 nitrogen and oxygen atoms in total. The van der Waals surface area contributed by atoms with E-state index in [0.717, 1.165) is 24.9 Å². The fourth-order valence-electron chi connectivity index (χ4n) is 4.66. The molecule has 2 fully saturated rings. The molecule has 2 aromatic carbocycles. The zero-order valence-corrected chi connectivity index (χ0v) is 15.4. The Balaban J connectivity index is 1.38. The predicted molar refractivity (Wildman–Crippen MR) is 103 cm³/mol. The van der Waals surface area contributed by atoms with Crippen molar-refractivity contribution in [2.75, 3.05) is 19.6 Å². The number of hydrogen-bond acceptors (Lipinski definition) is 2. The van der Waals surface area contributed by atoms with Crippen LogP contribution in [0.1, 0.15) is 43.7 Å². The Morgan fingerprint density at radius 1 is 1.12 bits per heavy atom. The number of nitrogens with zero attached hydrogens (tertiary/aromatic N) is 1. The van der Waals surface area contributed by atoms with E-state index < -0.39 is 0 Å². The van der Waals surface area contributed by atoms with Crippen LogP contribution in [0.15, 0.2) is 54.6 Å². The van der Waals surface area contributed by atoms with E-state index in [1.54, 1.807) is 6.07 Å². The molecule has 1 saturated heterocycles. The molecular formula is C23H29NO. The topological polar surface area (TPSA) is 23.5 Å². The van der Waals surface area contributed by atoms with Crippen LogP contribution in [0.2, 0.25) is 0 Å². The summed E-state index contributed by atoms with van der Waals surface area (Å²) >= 11 is 0. The van der Waals surface area contributed by atoms with E-state index in [0.29, 0.717) is 11.7 Å². The highest BCUT2D eigenvalue weighted by Crippen LogP contribution is 2.49. The first-order chi connectivity index (χ1) is 12.1. The maximum Gasteiger partial charge on any atom is 0.115 e. The molecule has 0 amide bonds. The Labute approximate surface area is 151 Å². The van der Waals surface area contributed by atoms with Crippen LogP contribution >= 0.6 is 0 Å². The maximum absolute atomic E-state index is 9.85. The highest BCUT2D eigenvalue weighted by molar-refractivity contribution is 5.34. The Hall–Kier alpha value is -1.80. The van der Waals surface area contributed by atoms with Gasteiger partial charge in [0.05, 0.1) is 0 Å². The molecule has 0 radical (unpaired) electrons. The molecule has 0 unspecified atom stereocenters. The van der Waals surface area contributed by atoms with Crippen molar-refractivity contribution in [1.82, 2.24) is 4.90 Å². The van der Waals surface area contributed by atoms with Crippen molar-refractivity contribution in [2.45, 2.75) is 38.0 Å². The van der Waals surface area contributed by atoms with Gasteiger partial charge in [0.2, 0.25) is 0 Å². The van der Waals surface area contributed by atoms with Gasteiger partial charge in [-0.25, -0.2) is 0 Å². The summed E-state index contributed by atoms with van der Waals surface area (Å²) in [7, 11) is 0. The summed E-state index contributed by atoms with van der Waals surface area (Å²) in [6, 6.07) is 18.9. The van der Waals surface area contributed by atoms with E-state index in [2.05, 4.69) is 55.1 Å². The summed E-state index contributed by atoms with van der Waals surface area (Å²) in [5, 5.41) is 9.85. The van der Waals surface area contributed by atoms with Gasteiger partial charge >= 0.3 is 0 Å². The van der Waals surface area contributed by atoms with Gasteiger partial charge in [-0.05, 0) is 65.8 Å². The van der Waals surface area contributed by atoms with Crippen molar-refractivity contribution in [2.24, 2.45) is 11.8 Å². The number of piperidine rings is 1. The molecule has 4 atom stereocenters. The van der Waals surface area contributed by atoms with Crippen molar-refractivity contribution in [1.29, 1.82) is 0 Å². The standard InChI is InChI=1S/C23H29NO/c1-17-15-24(16-19-13-22(19)18-7-4-3-5-8-18)12-11-23(17,2)20-9-6-10-21(25)14-20/h3-10,14,17,19,22,25H,11-13,15-16H2,1-2H3/t17-,19+,22-,23+/m0/s1. The molecule has 2 aromatic rings. The first-order valence-electron chi connectivity index (χ1n) is 9.63. The van der Waals surface area contributed by atoms with Gasteiger partial charge in [-0.3, -0.25) is 0 Å². The van der Waals surface area contributed by atoms with Gasteiger partial charge in [0.25, 0.3) is 0 Å². The number of phenols is 1. The van der Waals surface area contributed by atoms with E-state index >= 15 is 0 Å². The summed E-state index contributed by atoms with van der Waals surface area (Å²) in [4.78, 5) is 2.67. The molecule has 0 aromatic heterocycles. The minimum Gasteiger partial charge on any atom is -0.508 e. The smallest absolute Gasteiger partial charge is 0.115 e. The highest BCUT2D eigenvalue weighted by Gasteiger charge is 2.43. The molecule has 1 heterocycles. The van der Waals surface area contributed by atoms with Crippen LogP contribution in [0.5, 0.6) is 5.75 Å². The summed E-state index contributed by atoms with van der Waals surface area (Å²) in [5.41, 5.74) is 2.97. The summed E-state index contributed by atoms with van der Waals surface area (Å²) in [6.07, 6.45) is 2.51. The van der Waals surface area contributed by atoms with E-state index in [4.69, 9.17) is 0 Å². The van der Waals surface area contributed by atoms with Crippen LogP contribution < -0.4 is 0 Å². The van der Waals surface area contributed by atoms with Crippen LogP contribution in [-0.4, -0.2) is 29.6 Å². The first-order valence-corrected chi connectivity index (χ1v) is 9.63. The fraction of sp³-hybridized carbons (Fsp3) is 0.478. The number of likely N-dealkylation sites (tertiary alicyclic amines) is 1.